The first-order valence-corrected chi connectivity index (χ1v) is 7.06. The van der Waals surface area contributed by atoms with E-state index in [2.05, 4.69) is 5.32 Å². The number of anilines is 1. The van der Waals surface area contributed by atoms with Gasteiger partial charge in [0.1, 0.15) is 0 Å². The van der Waals surface area contributed by atoms with E-state index < -0.39 is 6.10 Å². The Morgan fingerprint density at radius 3 is 2.55 bits per heavy atom. The Morgan fingerprint density at radius 2 is 2.00 bits per heavy atom. The van der Waals surface area contributed by atoms with Crippen LogP contribution in [0.4, 0.5) is 5.69 Å². The average molecular weight is 275 g/mol. The highest BCUT2D eigenvalue weighted by atomic mass is 16.5. The maximum atomic E-state index is 12.0. The molecule has 1 amide bonds. The standard InChI is InChI=1S/C16H21NO3/c1-10-7-8-14(11(2)9-10)17-15(18)12(3)20-16(19)13-5-4-6-13/h7-9,12-13H,4-6H2,1-3H3,(H,17,18). The molecule has 4 heteroatoms. The molecule has 1 aromatic rings. The summed E-state index contributed by atoms with van der Waals surface area (Å²) in [5, 5.41) is 2.80. The number of hydrogen-bond donors (Lipinski definition) is 1. The lowest BCUT2D eigenvalue weighted by Gasteiger charge is -2.25. The molecule has 0 aromatic heterocycles. The highest BCUT2D eigenvalue weighted by molar-refractivity contribution is 5.95. The SMILES string of the molecule is Cc1ccc(NC(=O)C(C)OC(=O)C2CCC2)c(C)c1. The predicted octanol–water partition coefficient (Wildman–Crippen LogP) is 2.97. The maximum Gasteiger partial charge on any atom is 0.309 e. The van der Waals surface area contributed by atoms with Gasteiger partial charge in [-0.05, 0) is 45.2 Å². The van der Waals surface area contributed by atoms with Gasteiger partial charge in [-0.3, -0.25) is 9.59 Å². The molecule has 0 aliphatic heterocycles. The molecule has 0 heterocycles. The van der Waals surface area contributed by atoms with Crippen LogP contribution in [0.2, 0.25) is 0 Å². The molecule has 4 nitrogen and oxygen atoms in total. The maximum absolute atomic E-state index is 12.0. The van der Waals surface area contributed by atoms with Gasteiger partial charge < -0.3 is 10.1 Å². The molecule has 1 N–H and O–H groups in total. The van der Waals surface area contributed by atoms with Crippen molar-refractivity contribution in [2.75, 3.05) is 5.32 Å². The molecule has 0 spiro atoms. The molecule has 1 atom stereocenters. The fourth-order valence-electron chi connectivity index (χ4n) is 2.16. The molecule has 1 unspecified atom stereocenters. The second-order valence-corrected chi connectivity index (χ2v) is 5.51. The molecule has 0 radical (unpaired) electrons. The Labute approximate surface area is 119 Å². The number of benzene rings is 1. The van der Waals surface area contributed by atoms with E-state index in [-0.39, 0.29) is 17.8 Å². The van der Waals surface area contributed by atoms with Gasteiger partial charge in [-0.1, -0.05) is 24.1 Å². The van der Waals surface area contributed by atoms with Crippen molar-refractivity contribution in [2.45, 2.75) is 46.1 Å². The fraction of sp³-hybridized carbons (Fsp3) is 0.500. The second-order valence-electron chi connectivity index (χ2n) is 5.51. The van der Waals surface area contributed by atoms with Crippen LogP contribution < -0.4 is 5.32 Å². The zero-order chi connectivity index (χ0) is 14.7. The molecule has 20 heavy (non-hydrogen) atoms. The number of carbonyl (C=O) groups excluding carboxylic acids is 2. The topological polar surface area (TPSA) is 55.4 Å². The van der Waals surface area contributed by atoms with Crippen molar-refractivity contribution < 1.29 is 14.3 Å². The highest BCUT2D eigenvalue weighted by Crippen LogP contribution is 2.27. The zero-order valence-corrected chi connectivity index (χ0v) is 12.2. The van der Waals surface area contributed by atoms with Crippen LogP contribution in [0.3, 0.4) is 0 Å². The van der Waals surface area contributed by atoms with Crippen molar-refractivity contribution in [1.82, 2.24) is 0 Å². The quantitative estimate of drug-likeness (QED) is 0.859. The Balaban J connectivity index is 1.91. The number of aryl methyl sites for hydroxylation is 2. The van der Waals surface area contributed by atoms with Gasteiger partial charge in [0.25, 0.3) is 5.91 Å². The van der Waals surface area contributed by atoms with Crippen molar-refractivity contribution in [2.24, 2.45) is 5.92 Å². The number of carbonyl (C=O) groups is 2. The normalized spacial score (nSPS) is 16.1. The Kier molecular flexibility index (Phi) is 4.42. The van der Waals surface area contributed by atoms with Gasteiger partial charge in [-0.15, -0.1) is 0 Å². The summed E-state index contributed by atoms with van der Waals surface area (Å²) in [5.74, 6) is -0.546. The molecule has 1 aliphatic carbocycles. The van der Waals surface area contributed by atoms with Crippen molar-refractivity contribution in [3.63, 3.8) is 0 Å². The van der Waals surface area contributed by atoms with E-state index in [4.69, 9.17) is 4.74 Å². The highest BCUT2D eigenvalue weighted by Gasteiger charge is 2.29. The van der Waals surface area contributed by atoms with Gasteiger partial charge in [0.05, 0.1) is 5.92 Å². The summed E-state index contributed by atoms with van der Waals surface area (Å²) in [6.07, 6.45) is 2.07. The third-order valence-corrected chi connectivity index (χ3v) is 3.74. The van der Waals surface area contributed by atoms with Gasteiger partial charge in [0.15, 0.2) is 6.10 Å². The number of hydrogen-bond acceptors (Lipinski definition) is 3. The second kappa shape index (κ2) is 6.07. The molecule has 0 saturated heterocycles. The van der Waals surface area contributed by atoms with E-state index >= 15 is 0 Å². The van der Waals surface area contributed by atoms with Crippen molar-refractivity contribution in [3.8, 4) is 0 Å². The molecular formula is C16H21NO3. The van der Waals surface area contributed by atoms with Crippen LogP contribution in [-0.2, 0) is 14.3 Å². The molecule has 108 valence electrons. The van der Waals surface area contributed by atoms with Crippen LogP contribution in [0.5, 0.6) is 0 Å². The van der Waals surface area contributed by atoms with Crippen molar-refractivity contribution >= 4 is 17.6 Å². The average Bonchev–Trinajstić information content (AvgIpc) is 2.30. The lowest BCUT2D eigenvalue weighted by Crippen LogP contribution is -2.34. The smallest absolute Gasteiger partial charge is 0.309 e. The number of rotatable bonds is 4. The minimum absolute atomic E-state index is 0.00800. The van der Waals surface area contributed by atoms with Crippen LogP contribution in [-0.4, -0.2) is 18.0 Å². The minimum atomic E-state index is -0.760. The van der Waals surface area contributed by atoms with Gasteiger partial charge in [-0.25, -0.2) is 0 Å². The lowest BCUT2D eigenvalue weighted by molar-refractivity contribution is -0.159. The number of amides is 1. The summed E-state index contributed by atoms with van der Waals surface area (Å²) in [4.78, 5) is 23.7. The predicted molar refractivity (Wildman–Crippen MR) is 77.4 cm³/mol. The Hall–Kier alpha value is -1.84. The third kappa shape index (κ3) is 3.38. The molecule has 1 aliphatic rings. The summed E-state index contributed by atoms with van der Waals surface area (Å²) in [6, 6.07) is 5.80. The van der Waals surface area contributed by atoms with E-state index in [0.29, 0.717) is 0 Å². The van der Waals surface area contributed by atoms with Crippen LogP contribution in [0, 0.1) is 19.8 Å². The van der Waals surface area contributed by atoms with E-state index in [0.717, 1.165) is 36.1 Å². The van der Waals surface area contributed by atoms with E-state index in [1.807, 2.05) is 32.0 Å². The molecule has 1 saturated carbocycles. The molecule has 1 aromatic carbocycles. The number of nitrogens with one attached hydrogen (secondary N) is 1. The summed E-state index contributed by atoms with van der Waals surface area (Å²) in [6.45, 7) is 5.55. The van der Waals surface area contributed by atoms with Gasteiger partial charge in [-0.2, -0.15) is 0 Å². The van der Waals surface area contributed by atoms with Crippen molar-refractivity contribution in [3.05, 3.63) is 29.3 Å². The van der Waals surface area contributed by atoms with Crippen LogP contribution >= 0.6 is 0 Å². The zero-order valence-electron chi connectivity index (χ0n) is 12.2. The van der Waals surface area contributed by atoms with Crippen LogP contribution in [0.1, 0.15) is 37.3 Å². The Bertz CT molecular complexity index is 520. The van der Waals surface area contributed by atoms with E-state index in [1.165, 1.54) is 0 Å². The van der Waals surface area contributed by atoms with Gasteiger partial charge in [0, 0.05) is 5.69 Å². The summed E-state index contributed by atoms with van der Waals surface area (Å²) in [7, 11) is 0. The largest absolute Gasteiger partial charge is 0.452 e. The Morgan fingerprint density at radius 1 is 1.30 bits per heavy atom. The summed E-state index contributed by atoms with van der Waals surface area (Å²) < 4.78 is 5.20. The van der Waals surface area contributed by atoms with Gasteiger partial charge >= 0.3 is 5.97 Å². The first-order chi connectivity index (χ1) is 9.47. The summed E-state index contributed by atoms with van der Waals surface area (Å²) >= 11 is 0. The minimum Gasteiger partial charge on any atom is -0.452 e. The molecule has 0 bridgehead atoms. The molecule has 2 rings (SSSR count). The summed E-state index contributed by atoms with van der Waals surface area (Å²) in [5.41, 5.74) is 2.90. The number of ether oxygens (including phenoxy) is 1. The fourth-order valence-corrected chi connectivity index (χ4v) is 2.16. The molecule has 1 fully saturated rings. The third-order valence-electron chi connectivity index (χ3n) is 3.74. The van der Waals surface area contributed by atoms with Crippen LogP contribution in [0.25, 0.3) is 0 Å². The van der Waals surface area contributed by atoms with Gasteiger partial charge in [0.2, 0.25) is 0 Å². The first kappa shape index (κ1) is 14.6. The number of esters is 1. The van der Waals surface area contributed by atoms with E-state index in [9.17, 15) is 9.59 Å². The monoisotopic (exact) mass is 275 g/mol. The van der Waals surface area contributed by atoms with Crippen LogP contribution in [0.15, 0.2) is 18.2 Å². The lowest BCUT2D eigenvalue weighted by atomic mass is 9.86. The first-order valence-electron chi connectivity index (χ1n) is 7.06. The van der Waals surface area contributed by atoms with E-state index in [1.54, 1.807) is 6.92 Å². The van der Waals surface area contributed by atoms with Crippen molar-refractivity contribution in [1.29, 1.82) is 0 Å². The molecular weight excluding hydrogens is 254 g/mol.